The van der Waals surface area contributed by atoms with E-state index >= 15 is 0 Å². The molecule has 0 saturated heterocycles. The zero-order valence-corrected chi connectivity index (χ0v) is 13.3. The largest absolute Gasteiger partial charge is 0.364 e. The van der Waals surface area contributed by atoms with Crippen molar-refractivity contribution in [1.82, 2.24) is 10.2 Å². The van der Waals surface area contributed by atoms with Crippen molar-refractivity contribution in [2.24, 2.45) is 10.8 Å². The number of aromatic nitrogens is 2. The van der Waals surface area contributed by atoms with Crippen LogP contribution < -0.4 is 5.32 Å². The van der Waals surface area contributed by atoms with Crippen LogP contribution >= 0.6 is 0 Å². The van der Waals surface area contributed by atoms with E-state index in [1.54, 1.807) is 0 Å². The highest BCUT2D eigenvalue weighted by molar-refractivity contribution is 5.58. The molecule has 4 nitrogen and oxygen atoms in total. The number of aryl methyl sites for hydroxylation is 1. The van der Waals surface area contributed by atoms with Crippen molar-refractivity contribution in [1.29, 1.82) is 5.26 Å². The molecule has 4 heteroatoms. The highest BCUT2D eigenvalue weighted by atomic mass is 15.2. The van der Waals surface area contributed by atoms with E-state index in [2.05, 4.69) is 56.2 Å². The fraction of sp³-hybridized carbons (Fsp3) is 0.688. The summed E-state index contributed by atoms with van der Waals surface area (Å²) in [4.78, 5) is 0. The van der Waals surface area contributed by atoms with Crippen LogP contribution in [-0.2, 0) is 12.8 Å². The lowest BCUT2D eigenvalue weighted by atomic mass is 10.0. The molecule has 2 rings (SSSR count). The van der Waals surface area contributed by atoms with E-state index in [0.29, 0.717) is 17.4 Å². The molecule has 0 spiro atoms. The number of hydrogen-bond donors (Lipinski definition) is 1. The number of anilines is 1. The summed E-state index contributed by atoms with van der Waals surface area (Å²) in [5, 5.41) is 21.5. The third kappa shape index (κ3) is 1.96. The molecule has 1 saturated carbocycles. The fourth-order valence-electron chi connectivity index (χ4n) is 3.09. The van der Waals surface area contributed by atoms with E-state index in [1.807, 2.05) is 6.92 Å². The summed E-state index contributed by atoms with van der Waals surface area (Å²) in [5.74, 6) is 0.644. The number of hydrogen-bond acceptors (Lipinski definition) is 4. The predicted molar refractivity (Wildman–Crippen MR) is 80.5 cm³/mol. The van der Waals surface area contributed by atoms with Crippen LogP contribution in [0.5, 0.6) is 0 Å². The number of nitriles is 1. The van der Waals surface area contributed by atoms with Gasteiger partial charge in [-0.1, -0.05) is 41.5 Å². The van der Waals surface area contributed by atoms with Gasteiger partial charge in [-0.2, -0.15) is 10.4 Å². The summed E-state index contributed by atoms with van der Waals surface area (Å²) < 4.78 is 0. The summed E-state index contributed by atoms with van der Waals surface area (Å²) in [7, 11) is 0. The van der Waals surface area contributed by atoms with Crippen molar-refractivity contribution in [3.63, 3.8) is 0 Å². The van der Waals surface area contributed by atoms with Crippen molar-refractivity contribution < 1.29 is 0 Å². The Morgan fingerprint density at radius 3 is 2.10 bits per heavy atom. The van der Waals surface area contributed by atoms with E-state index in [4.69, 9.17) is 0 Å². The molecule has 0 unspecified atom stereocenters. The van der Waals surface area contributed by atoms with Crippen molar-refractivity contribution in [3.8, 4) is 6.07 Å². The Hall–Kier alpha value is -1.63. The molecule has 0 amide bonds. The van der Waals surface area contributed by atoms with E-state index in [1.165, 1.54) is 0 Å². The van der Waals surface area contributed by atoms with Crippen LogP contribution in [-0.4, -0.2) is 16.2 Å². The van der Waals surface area contributed by atoms with Gasteiger partial charge in [-0.25, -0.2) is 0 Å². The second-order valence-corrected chi connectivity index (χ2v) is 6.69. The Morgan fingerprint density at radius 1 is 1.10 bits per heavy atom. The van der Waals surface area contributed by atoms with Crippen LogP contribution in [0.2, 0.25) is 0 Å². The quantitative estimate of drug-likeness (QED) is 0.913. The topological polar surface area (TPSA) is 61.6 Å². The summed E-state index contributed by atoms with van der Waals surface area (Å²) in [6, 6.07) is 2.64. The van der Waals surface area contributed by atoms with Crippen molar-refractivity contribution in [2.75, 3.05) is 5.32 Å². The lowest BCUT2D eigenvalue weighted by Gasteiger charge is -2.13. The normalized spacial score (nSPS) is 19.4. The van der Waals surface area contributed by atoms with E-state index in [0.717, 1.165) is 24.1 Å². The second kappa shape index (κ2) is 4.73. The summed E-state index contributed by atoms with van der Waals surface area (Å²) in [6.07, 6.45) is 1.62. The zero-order valence-electron chi connectivity index (χ0n) is 13.3. The molecule has 0 aliphatic heterocycles. The Morgan fingerprint density at radius 2 is 1.70 bits per heavy atom. The maximum Gasteiger partial charge on any atom is 0.167 e. The minimum absolute atomic E-state index is 0.206. The van der Waals surface area contributed by atoms with Crippen molar-refractivity contribution in [3.05, 3.63) is 16.8 Å². The smallest absolute Gasteiger partial charge is 0.167 e. The van der Waals surface area contributed by atoms with Crippen LogP contribution in [0, 0.1) is 22.2 Å². The number of nitrogens with zero attached hydrogens (tertiary/aromatic N) is 3. The Balaban J connectivity index is 2.38. The molecular formula is C16H24N4. The lowest BCUT2D eigenvalue weighted by molar-refractivity contribution is 0.457. The molecule has 1 aliphatic rings. The first-order valence-corrected chi connectivity index (χ1v) is 7.36. The SMILES string of the molecule is CCc1nnc(NC2C(C)(C)C2(C)C)c(C#N)c1CC. The average molecular weight is 272 g/mol. The first-order valence-electron chi connectivity index (χ1n) is 7.36. The Labute approximate surface area is 121 Å². The van der Waals surface area contributed by atoms with Crippen molar-refractivity contribution >= 4 is 5.82 Å². The van der Waals surface area contributed by atoms with Crippen LogP contribution in [0.15, 0.2) is 0 Å². The van der Waals surface area contributed by atoms with Gasteiger partial charge in [-0.3, -0.25) is 0 Å². The molecule has 0 atom stereocenters. The standard InChI is InChI=1S/C16H24N4/c1-7-10-11(9-17)13(20-19-12(10)8-2)18-14-15(3,4)16(14,5)6/h14H,7-8H2,1-6H3,(H,18,20). The van der Waals surface area contributed by atoms with Gasteiger partial charge in [0, 0.05) is 6.04 Å². The Kier molecular flexibility index (Phi) is 3.49. The molecule has 0 bridgehead atoms. The highest BCUT2D eigenvalue weighted by Gasteiger charge is 2.65. The van der Waals surface area contributed by atoms with Gasteiger partial charge in [0.15, 0.2) is 5.82 Å². The molecule has 1 fully saturated rings. The summed E-state index contributed by atoms with van der Waals surface area (Å²) >= 11 is 0. The van der Waals surface area contributed by atoms with Gasteiger partial charge in [0.05, 0.1) is 5.69 Å². The Bertz CT molecular complexity index is 553. The molecule has 0 aromatic carbocycles. The highest BCUT2D eigenvalue weighted by Crippen LogP contribution is 2.63. The summed E-state index contributed by atoms with van der Waals surface area (Å²) in [6.45, 7) is 13.1. The monoisotopic (exact) mass is 272 g/mol. The van der Waals surface area contributed by atoms with E-state index in [9.17, 15) is 5.26 Å². The molecule has 108 valence electrons. The lowest BCUT2D eigenvalue weighted by Crippen LogP contribution is -2.15. The fourth-order valence-corrected chi connectivity index (χ4v) is 3.09. The van der Waals surface area contributed by atoms with Crippen molar-refractivity contribution in [2.45, 2.75) is 60.4 Å². The number of nitrogens with one attached hydrogen (secondary N) is 1. The third-order valence-corrected chi connectivity index (χ3v) is 5.26. The van der Waals surface area contributed by atoms with Gasteiger partial charge < -0.3 is 5.32 Å². The van der Waals surface area contributed by atoms with Gasteiger partial charge in [-0.05, 0) is 29.2 Å². The maximum absolute atomic E-state index is 9.49. The first-order chi connectivity index (χ1) is 9.31. The van der Waals surface area contributed by atoms with Crippen LogP contribution in [0.25, 0.3) is 0 Å². The minimum Gasteiger partial charge on any atom is -0.364 e. The average Bonchev–Trinajstić information content (AvgIpc) is 2.80. The molecule has 0 radical (unpaired) electrons. The second-order valence-electron chi connectivity index (χ2n) is 6.69. The molecule has 1 aliphatic carbocycles. The van der Waals surface area contributed by atoms with Crippen LogP contribution in [0.3, 0.4) is 0 Å². The first kappa shape index (κ1) is 14.8. The van der Waals surface area contributed by atoms with Gasteiger partial charge in [0.25, 0.3) is 0 Å². The maximum atomic E-state index is 9.49. The van der Waals surface area contributed by atoms with Gasteiger partial charge in [-0.15, -0.1) is 5.10 Å². The summed E-state index contributed by atoms with van der Waals surface area (Å²) in [5.41, 5.74) is 3.04. The minimum atomic E-state index is 0.206. The van der Waals surface area contributed by atoms with Crippen LogP contribution in [0.4, 0.5) is 5.82 Å². The molecule has 1 aromatic rings. The van der Waals surface area contributed by atoms with Gasteiger partial charge in [0.2, 0.25) is 0 Å². The zero-order chi connectivity index (χ0) is 15.1. The molecule has 1 aromatic heterocycles. The predicted octanol–water partition coefficient (Wildman–Crippen LogP) is 3.32. The molecule has 1 heterocycles. The molecule has 1 N–H and O–H groups in total. The van der Waals surface area contributed by atoms with Gasteiger partial charge in [0.1, 0.15) is 11.6 Å². The third-order valence-electron chi connectivity index (χ3n) is 5.26. The van der Waals surface area contributed by atoms with E-state index < -0.39 is 0 Å². The molecular weight excluding hydrogens is 248 g/mol. The molecule has 20 heavy (non-hydrogen) atoms. The van der Waals surface area contributed by atoms with Gasteiger partial charge >= 0.3 is 0 Å². The number of rotatable bonds is 4. The van der Waals surface area contributed by atoms with E-state index in [-0.39, 0.29) is 10.8 Å². The van der Waals surface area contributed by atoms with Crippen LogP contribution in [0.1, 0.15) is 58.4 Å².